The van der Waals surface area contributed by atoms with Crippen LogP contribution in [-0.4, -0.2) is 18.1 Å². The second-order valence-corrected chi connectivity index (χ2v) is 4.69. The smallest absolute Gasteiger partial charge is 0.0867 e. The molecule has 0 fully saturated rings. The number of nitrogens with one attached hydrogen (secondary N) is 1. The van der Waals surface area contributed by atoms with Gasteiger partial charge in [0.1, 0.15) is 0 Å². The Hall–Kier alpha value is -1.61. The maximum atomic E-state index is 5.88. The van der Waals surface area contributed by atoms with Crippen molar-refractivity contribution in [3.05, 3.63) is 35.5 Å². The standard InChI is InChI=1S/C14H14N2O/c1-2-4-10-9(3-1)14-13-11(16-10)5-6-12(13)17-8-7-15-14/h1-4,12,15H,5-8H2. The summed E-state index contributed by atoms with van der Waals surface area (Å²) in [6.07, 6.45) is 2.37. The minimum atomic E-state index is 0.257. The minimum Gasteiger partial charge on any atom is -0.382 e. The summed E-state index contributed by atoms with van der Waals surface area (Å²) in [5.74, 6) is 0. The van der Waals surface area contributed by atoms with Gasteiger partial charge in [-0.25, -0.2) is 0 Å². The fourth-order valence-electron chi connectivity index (χ4n) is 2.96. The molecule has 1 aromatic carbocycles. The molecule has 0 saturated carbocycles. The number of benzene rings is 1. The molecule has 1 aromatic heterocycles. The average molecular weight is 226 g/mol. The van der Waals surface area contributed by atoms with Crippen molar-refractivity contribution < 1.29 is 4.74 Å². The van der Waals surface area contributed by atoms with E-state index in [9.17, 15) is 0 Å². The molecule has 0 saturated heterocycles. The molecule has 1 aliphatic carbocycles. The Labute approximate surface area is 99.8 Å². The zero-order valence-corrected chi connectivity index (χ0v) is 9.57. The van der Waals surface area contributed by atoms with Crippen molar-refractivity contribution in [3.63, 3.8) is 0 Å². The first-order chi connectivity index (χ1) is 8.43. The molecule has 4 rings (SSSR count). The normalized spacial score (nSPS) is 22.0. The van der Waals surface area contributed by atoms with Gasteiger partial charge in [0.15, 0.2) is 0 Å². The number of fused-ring (bicyclic) bond motifs is 2. The van der Waals surface area contributed by atoms with Crippen LogP contribution in [0.15, 0.2) is 24.3 Å². The van der Waals surface area contributed by atoms with E-state index in [4.69, 9.17) is 9.72 Å². The van der Waals surface area contributed by atoms with Crippen molar-refractivity contribution in [3.8, 4) is 0 Å². The molecule has 1 atom stereocenters. The van der Waals surface area contributed by atoms with Crippen molar-refractivity contribution in [2.75, 3.05) is 18.5 Å². The molecule has 0 radical (unpaired) electrons. The van der Waals surface area contributed by atoms with Crippen LogP contribution < -0.4 is 5.32 Å². The third kappa shape index (κ3) is 1.29. The van der Waals surface area contributed by atoms with Crippen LogP contribution in [0.2, 0.25) is 0 Å². The highest BCUT2D eigenvalue weighted by molar-refractivity contribution is 5.94. The molecule has 86 valence electrons. The zero-order chi connectivity index (χ0) is 11.2. The van der Waals surface area contributed by atoms with Crippen LogP contribution in [0.4, 0.5) is 5.69 Å². The Kier molecular flexibility index (Phi) is 1.91. The van der Waals surface area contributed by atoms with E-state index in [-0.39, 0.29) is 6.10 Å². The Morgan fingerprint density at radius 3 is 3.24 bits per heavy atom. The summed E-state index contributed by atoms with van der Waals surface area (Å²) in [6.45, 7) is 1.67. The molecule has 17 heavy (non-hydrogen) atoms. The van der Waals surface area contributed by atoms with Crippen molar-refractivity contribution in [1.29, 1.82) is 0 Å². The van der Waals surface area contributed by atoms with Gasteiger partial charge < -0.3 is 10.1 Å². The van der Waals surface area contributed by atoms with E-state index in [1.807, 2.05) is 6.07 Å². The van der Waals surface area contributed by atoms with Gasteiger partial charge in [0.2, 0.25) is 0 Å². The van der Waals surface area contributed by atoms with E-state index in [1.165, 1.54) is 22.3 Å². The molecule has 1 N–H and O–H groups in total. The number of pyridine rings is 1. The molecule has 3 heteroatoms. The average Bonchev–Trinajstić information content (AvgIpc) is 2.64. The molecule has 2 aromatic rings. The van der Waals surface area contributed by atoms with Gasteiger partial charge in [0.25, 0.3) is 0 Å². The third-order valence-electron chi connectivity index (χ3n) is 3.70. The lowest BCUT2D eigenvalue weighted by atomic mass is 10.1. The van der Waals surface area contributed by atoms with Crippen LogP contribution in [0.3, 0.4) is 0 Å². The number of aromatic nitrogens is 1. The van der Waals surface area contributed by atoms with Gasteiger partial charge >= 0.3 is 0 Å². The highest BCUT2D eigenvalue weighted by Gasteiger charge is 2.30. The highest BCUT2D eigenvalue weighted by Crippen LogP contribution is 2.42. The van der Waals surface area contributed by atoms with E-state index in [0.29, 0.717) is 0 Å². The number of hydrogen-bond donors (Lipinski definition) is 1. The highest BCUT2D eigenvalue weighted by atomic mass is 16.5. The summed E-state index contributed by atoms with van der Waals surface area (Å²) in [6, 6.07) is 8.36. The van der Waals surface area contributed by atoms with E-state index in [0.717, 1.165) is 31.5 Å². The lowest BCUT2D eigenvalue weighted by Crippen LogP contribution is -2.06. The summed E-state index contributed by atoms with van der Waals surface area (Å²) in [5.41, 5.74) is 4.88. The van der Waals surface area contributed by atoms with Crippen LogP contribution in [0.1, 0.15) is 23.8 Å². The molecule has 2 aliphatic rings. The number of ether oxygens (including phenoxy) is 1. The fourth-order valence-corrected chi connectivity index (χ4v) is 2.96. The molecule has 0 bridgehead atoms. The van der Waals surface area contributed by atoms with E-state index >= 15 is 0 Å². The second kappa shape index (κ2) is 3.44. The van der Waals surface area contributed by atoms with Gasteiger partial charge in [0, 0.05) is 23.2 Å². The lowest BCUT2D eigenvalue weighted by Gasteiger charge is -2.13. The fraction of sp³-hybridized carbons (Fsp3) is 0.357. The van der Waals surface area contributed by atoms with Gasteiger partial charge in [-0.15, -0.1) is 0 Å². The van der Waals surface area contributed by atoms with Gasteiger partial charge in [-0.05, 0) is 18.9 Å². The van der Waals surface area contributed by atoms with Crippen LogP contribution in [0, 0.1) is 0 Å². The minimum absolute atomic E-state index is 0.257. The van der Waals surface area contributed by atoms with Crippen molar-refractivity contribution in [2.24, 2.45) is 0 Å². The third-order valence-corrected chi connectivity index (χ3v) is 3.70. The number of para-hydroxylation sites is 1. The first-order valence-corrected chi connectivity index (χ1v) is 6.20. The Balaban J connectivity index is 2.09. The van der Waals surface area contributed by atoms with Crippen molar-refractivity contribution in [2.45, 2.75) is 18.9 Å². The molecular formula is C14H14N2O. The summed E-state index contributed by atoms with van der Waals surface area (Å²) in [4.78, 5) is 4.77. The van der Waals surface area contributed by atoms with Gasteiger partial charge in [-0.1, -0.05) is 18.2 Å². The monoisotopic (exact) mass is 226 g/mol. The van der Waals surface area contributed by atoms with Crippen molar-refractivity contribution >= 4 is 16.6 Å². The SMILES string of the molecule is c1ccc2c3c4c(nc2c1)CCC4OCCN3. The van der Waals surface area contributed by atoms with Crippen LogP contribution in [0.25, 0.3) is 10.9 Å². The molecule has 2 heterocycles. The predicted molar refractivity (Wildman–Crippen MR) is 67.2 cm³/mol. The van der Waals surface area contributed by atoms with E-state index < -0.39 is 0 Å². The number of hydrogen-bond acceptors (Lipinski definition) is 3. The lowest BCUT2D eigenvalue weighted by molar-refractivity contribution is 0.0652. The molecule has 1 aliphatic heterocycles. The summed E-state index contributed by atoms with van der Waals surface area (Å²) in [7, 11) is 0. The quantitative estimate of drug-likeness (QED) is 0.750. The first-order valence-electron chi connectivity index (χ1n) is 6.20. The van der Waals surface area contributed by atoms with E-state index in [1.54, 1.807) is 0 Å². The Morgan fingerprint density at radius 2 is 2.24 bits per heavy atom. The van der Waals surface area contributed by atoms with Crippen molar-refractivity contribution in [1.82, 2.24) is 4.98 Å². The Morgan fingerprint density at radius 1 is 1.29 bits per heavy atom. The maximum absolute atomic E-state index is 5.88. The largest absolute Gasteiger partial charge is 0.382 e. The molecule has 0 amide bonds. The topological polar surface area (TPSA) is 34.1 Å². The molecule has 0 spiro atoms. The maximum Gasteiger partial charge on any atom is 0.0867 e. The number of rotatable bonds is 0. The molecular weight excluding hydrogens is 212 g/mol. The number of aryl methyl sites for hydroxylation is 1. The molecule has 1 unspecified atom stereocenters. The van der Waals surface area contributed by atoms with Gasteiger partial charge in [-0.3, -0.25) is 4.98 Å². The Bertz CT molecular complexity index is 594. The summed E-state index contributed by atoms with van der Waals surface area (Å²) in [5, 5.41) is 4.74. The number of anilines is 1. The van der Waals surface area contributed by atoms with Crippen LogP contribution >= 0.6 is 0 Å². The van der Waals surface area contributed by atoms with Crippen LogP contribution in [-0.2, 0) is 11.2 Å². The number of nitrogens with zero attached hydrogens (tertiary/aromatic N) is 1. The first kappa shape index (κ1) is 9.42. The second-order valence-electron chi connectivity index (χ2n) is 4.69. The van der Waals surface area contributed by atoms with Gasteiger partial charge in [0.05, 0.1) is 23.9 Å². The molecule has 3 nitrogen and oxygen atoms in total. The zero-order valence-electron chi connectivity index (χ0n) is 9.57. The van der Waals surface area contributed by atoms with Gasteiger partial charge in [-0.2, -0.15) is 0 Å². The summed E-state index contributed by atoms with van der Waals surface area (Å²) >= 11 is 0. The van der Waals surface area contributed by atoms with E-state index in [2.05, 4.69) is 23.5 Å². The predicted octanol–water partition coefficient (Wildman–Crippen LogP) is 2.66. The van der Waals surface area contributed by atoms with Crippen LogP contribution in [0.5, 0.6) is 0 Å². The summed E-state index contributed by atoms with van der Waals surface area (Å²) < 4.78 is 5.88.